The van der Waals surface area contributed by atoms with Gasteiger partial charge >= 0.3 is 0 Å². The Morgan fingerprint density at radius 2 is 2.03 bits per heavy atom. The molecular weight excluding hydrogens is 453 g/mol. The number of rotatable bonds is 5. The molecule has 1 aliphatic carbocycles. The van der Waals surface area contributed by atoms with Crippen molar-refractivity contribution in [3.8, 4) is 11.4 Å². The Morgan fingerprint density at radius 1 is 1.24 bits per heavy atom. The van der Waals surface area contributed by atoms with Gasteiger partial charge in [0.2, 0.25) is 5.91 Å². The zero-order chi connectivity index (χ0) is 24.0. The lowest BCUT2D eigenvalue weighted by atomic mass is 9.56. The number of carbonyl (C=O) groups is 1. The van der Waals surface area contributed by atoms with Gasteiger partial charge in [0.25, 0.3) is 0 Å². The highest BCUT2D eigenvalue weighted by Gasteiger charge is 2.53. The Hall–Kier alpha value is -2.86. The number of hydrogen-bond donors (Lipinski definition) is 0. The van der Waals surface area contributed by atoms with Crippen LogP contribution in [0, 0.1) is 18.2 Å². The Morgan fingerprint density at radius 3 is 2.71 bits per heavy atom. The minimum absolute atomic E-state index is 0.181. The maximum absolute atomic E-state index is 13.9. The van der Waals surface area contributed by atoms with Crippen molar-refractivity contribution in [3.63, 3.8) is 0 Å². The molecule has 7 heteroatoms. The molecule has 5 rings (SSSR count). The minimum atomic E-state index is -0.375. The van der Waals surface area contributed by atoms with E-state index < -0.39 is 0 Å². The zero-order valence-electron chi connectivity index (χ0n) is 19.7. The van der Waals surface area contributed by atoms with Gasteiger partial charge in [0.05, 0.1) is 36.3 Å². The Bertz CT molecular complexity index is 1210. The summed E-state index contributed by atoms with van der Waals surface area (Å²) < 4.78 is 21.6. The number of benzene rings is 2. The molecule has 2 heterocycles. The van der Waals surface area contributed by atoms with Crippen LogP contribution in [0.25, 0.3) is 5.69 Å². The molecule has 178 valence electrons. The van der Waals surface area contributed by atoms with Gasteiger partial charge in [-0.15, -0.1) is 0 Å². The van der Waals surface area contributed by atoms with Crippen LogP contribution >= 0.6 is 11.6 Å². The molecule has 1 amide bonds. The molecule has 2 fully saturated rings. The van der Waals surface area contributed by atoms with Crippen LogP contribution in [0.4, 0.5) is 4.39 Å². The largest absolute Gasteiger partial charge is 0.495 e. The molecule has 1 unspecified atom stereocenters. The predicted octanol–water partition coefficient (Wildman–Crippen LogP) is 6.23. The second-order valence-electron chi connectivity index (χ2n) is 9.72. The summed E-state index contributed by atoms with van der Waals surface area (Å²) in [5.41, 5.74) is 3.49. The van der Waals surface area contributed by atoms with E-state index in [0.717, 1.165) is 48.4 Å². The van der Waals surface area contributed by atoms with Gasteiger partial charge in [0.15, 0.2) is 0 Å². The number of nitrogens with zero attached hydrogens (tertiary/aromatic N) is 3. The van der Waals surface area contributed by atoms with Crippen molar-refractivity contribution in [2.24, 2.45) is 5.41 Å². The van der Waals surface area contributed by atoms with Crippen LogP contribution < -0.4 is 4.74 Å². The lowest BCUT2D eigenvalue weighted by Crippen LogP contribution is -2.54. The van der Waals surface area contributed by atoms with Gasteiger partial charge in [0.1, 0.15) is 11.6 Å². The van der Waals surface area contributed by atoms with Gasteiger partial charge < -0.3 is 14.2 Å². The first-order valence-electron chi connectivity index (χ1n) is 11.8. The fourth-order valence-electron chi connectivity index (χ4n) is 5.68. The molecule has 1 spiro atoms. The van der Waals surface area contributed by atoms with Crippen LogP contribution in [-0.2, 0) is 4.79 Å². The smallest absolute Gasteiger partial charge is 0.229 e. The number of imidazole rings is 1. The van der Waals surface area contributed by atoms with Crippen molar-refractivity contribution in [2.45, 2.75) is 51.5 Å². The molecule has 1 aliphatic heterocycles. The molecule has 0 radical (unpaired) electrons. The van der Waals surface area contributed by atoms with Crippen molar-refractivity contribution >= 4 is 17.5 Å². The summed E-state index contributed by atoms with van der Waals surface area (Å²) in [7, 11) is 1.68. The summed E-state index contributed by atoms with van der Waals surface area (Å²) in [5.74, 6) is 0.917. The molecule has 0 N–H and O–H groups in total. The van der Waals surface area contributed by atoms with Crippen molar-refractivity contribution in [2.75, 3.05) is 13.7 Å². The first kappa shape index (κ1) is 22.9. The van der Waals surface area contributed by atoms with E-state index in [2.05, 4.69) is 23.2 Å². The SMILES string of the molecule is COc1cc(C2CC3(CCCN(C(C)c4cc(F)cc(Cl)c4)C3=O)C2)ccc1-n1cnc(C)c1. The van der Waals surface area contributed by atoms with E-state index in [9.17, 15) is 9.18 Å². The molecule has 3 aromatic rings. The number of likely N-dealkylation sites (tertiary alicyclic amines) is 1. The van der Waals surface area contributed by atoms with E-state index in [-0.39, 0.29) is 23.2 Å². The lowest BCUT2D eigenvalue weighted by molar-refractivity contribution is -0.156. The number of amides is 1. The van der Waals surface area contributed by atoms with Crippen molar-refractivity contribution in [1.82, 2.24) is 14.5 Å². The van der Waals surface area contributed by atoms with Crippen LogP contribution in [0.3, 0.4) is 0 Å². The summed E-state index contributed by atoms with van der Waals surface area (Å²) >= 11 is 6.07. The summed E-state index contributed by atoms with van der Waals surface area (Å²) in [6.45, 7) is 4.60. The lowest BCUT2D eigenvalue weighted by Gasteiger charge is -2.53. The fraction of sp³-hybridized carbons (Fsp3) is 0.407. The second kappa shape index (κ2) is 8.73. The van der Waals surface area contributed by atoms with Gasteiger partial charge in [-0.05, 0) is 86.9 Å². The first-order valence-corrected chi connectivity index (χ1v) is 12.1. The normalized spacial score (nSPS) is 23.1. The maximum atomic E-state index is 13.9. The molecule has 1 saturated heterocycles. The van der Waals surface area contributed by atoms with Gasteiger partial charge in [-0.25, -0.2) is 9.37 Å². The molecule has 1 saturated carbocycles. The molecule has 5 nitrogen and oxygen atoms in total. The Labute approximate surface area is 204 Å². The summed E-state index contributed by atoms with van der Waals surface area (Å²) in [5, 5.41) is 0.355. The van der Waals surface area contributed by atoms with Crippen LogP contribution in [0.15, 0.2) is 48.9 Å². The Balaban J connectivity index is 1.33. The number of methoxy groups -OCH3 is 1. The molecule has 2 aliphatic rings. The van der Waals surface area contributed by atoms with Crippen molar-refractivity contribution in [3.05, 3.63) is 76.6 Å². The topological polar surface area (TPSA) is 47.4 Å². The van der Waals surface area contributed by atoms with E-state index in [1.807, 2.05) is 29.5 Å². The van der Waals surface area contributed by atoms with Gasteiger partial charge in [-0.1, -0.05) is 17.7 Å². The molecular formula is C27H29ClFN3O2. The monoisotopic (exact) mass is 481 g/mol. The third-order valence-electron chi connectivity index (χ3n) is 7.54. The minimum Gasteiger partial charge on any atom is -0.495 e. The van der Waals surface area contributed by atoms with Gasteiger partial charge in [-0.2, -0.15) is 0 Å². The number of hydrogen-bond acceptors (Lipinski definition) is 3. The van der Waals surface area contributed by atoms with Crippen molar-refractivity contribution in [1.29, 1.82) is 0 Å². The molecule has 34 heavy (non-hydrogen) atoms. The van der Waals surface area contributed by atoms with E-state index in [1.54, 1.807) is 19.5 Å². The average molecular weight is 482 g/mol. The summed E-state index contributed by atoms with van der Waals surface area (Å²) in [6, 6.07) is 10.6. The van der Waals surface area contributed by atoms with E-state index in [1.165, 1.54) is 17.7 Å². The van der Waals surface area contributed by atoms with Gasteiger partial charge in [-0.3, -0.25) is 4.79 Å². The molecule has 0 bridgehead atoms. The Kier molecular flexibility index (Phi) is 5.88. The molecule has 2 aromatic carbocycles. The predicted molar refractivity (Wildman–Crippen MR) is 130 cm³/mol. The third-order valence-corrected chi connectivity index (χ3v) is 7.76. The second-order valence-corrected chi connectivity index (χ2v) is 10.2. The quantitative estimate of drug-likeness (QED) is 0.434. The van der Waals surface area contributed by atoms with E-state index in [0.29, 0.717) is 17.5 Å². The number of carbonyl (C=O) groups excluding carboxylic acids is 1. The summed E-state index contributed by atoms with van der Waals surface area (Å²) in [6.07, 6.45) is 7.26. The highest BCUT2D eigenvalue weighted by molar-refractivity contribution is 6.30. The average Bonchev–Trinajstić information content (AvgIpc) is 3.22. The number of aryl methyl sites for hydroxylation is 1. The third kappa shape index (κ3) is 3.98. The molecule has 1 aromatic heterocycles. The molecule has 1 atom stereocenters. The number of ether oxygens (including phenoxy) is 1. The van der Waals surface area contributed by atoms with Crippen LogP contribution in [-0.4, -0.2) is 34.0 Å². The number of halogens is 2. The highest BCUT2D eigenvalue weighted by atomic mass is 35.5. The van der Waals surface area contributed by atoms with Gasteiger partial charge in [0, 0.05) is 17.8 Å². The van der Waals surface area contributed by atoms with E-state index in [4.69, 9.17) is 16.3 Å². The first-order chi connectivity index (χ1) is 16.3. The maximum Gasteiger partial charge on any atom is 0.229 e. The highest BCUT2D eigenvalue weighted by Crippen LogP contribution is 2.57. The number of aromatic nitrogens is 2. The fourth-order valence-corrected chi connectivity index (χ4v) is 5.91. The van der Waals surface area contributed by atoms with Crippen LogP contribution in [0.1, 0.15) is 61.4 Å². The zero-order valence-corrected chi connectivity index (χ0v) is 20.5. The standard InChI is InChI=1S/C27H29ClFN3O2/c1-17-15-31(16-30-17)24-6-5-19(11-25(24)34-3)21-13-27(14-21)7-4-8-32(26(27)33)18(2)20-9-22(28)12-23(29)10-20/h5-6,9-12,15-16,18,21H,4,7-8,13-14H2,1-3H3. The summed E-state index contributed by atoms with van der Waals surface area (Å²) in [4.78, 5) is 19.8. The van der Waals surface area contributed by atoms with Crippen LogP contribution in [0.5, 0.6) is 5.75 Å². The number of piperidine rings is 1. The van der Waals surface area contributed by atoms with Crippen molar-refractivity contribution < 1.29 is 13.9 Å². The van der Waals surface area contributed by atoms with E-state index >= 15 is 0 Å². The van der Waals surface area contributed by atoms with Crippen LogP contribution in [0.2, 0.25) is 5.02 Å².